The Morgan fingerprint density at radius 2 is 1.92 bits per heavy atom. The number of rotatable bonds is 6. The lowest BCUT2D eigenvalue weighted by Crippen LogP contribution is -2.38. The van der Waals surface area contributed by atoms with Gasteiger partial charge in [0.15, 0.2) is 5.82 Å². The second-order valence-corrected chi connectivity index (χ2v) is 10.2. The van der Waals surface area contributed by atoms with Crippen LogP contribution in [-0.2, 0) is 12.0 Å². The van der Waals surface area contributed by atoms with E-state index in [4.69, 9.17) is 10.1 Å². The molecule has 0 saturated heterocycles. The van der Waals surface area contributed by atoms with E-state index < -0.39 is 29.8 Å². The van der Waals surface area contributed by atoms with E-state index in [0.29, 0.717) is 11.5 Å². The summed E-state index contributed by atoms with van der Waals surface area (Å²) in [5, 5.41) is 36.1. The first kappa shape index (κ1) is 23.7. The molecule has 37 heavy (non-hydrogen) atoms. The fourth-order valence-corrected chi connectivity index (χ4v) is 6.21. The van der Waals surface area contributed by atoms with E-state index >= 15 is 0 Å². The van der Waals surface area contributed by atoms with Gasteiger partial charge in [-0.2, -0.15) is 15.0 Å². The Morgan fingerprint density at radius 3 is 2.68 bits per heavy atom. The Labute approximate surface area is 211 Å². The van der Waals surface area contributed by atoms with Crippen LogP contribution in [0.25, 0.3) is 22.8 Å². The fraction of sp³-hybridized carbons (Fsp3) is 0.385. The average Bonchev–Trinajstić information content (AvgIpc) is 3.51. The van der Waals surface area contributed by atoms with Crippen molar-refractivity contribution in [2.24, 2.45) is 5.41 Å². The third kappa shape index (κ3) is 3.41. The molecule has 4 aromatic rings. The maximum Gasteiger partial charge on any atom is 0.181 e. The van der Waals surface area contributed by atoms with Crippen LogP contribution in [0.3, 0.4) is 0 Å². The van der Waals surface area contributed by atoms with Crippen molar-refractivity contribution in [2.75, 3.05) is 6.61 Å². The summed E-state index contributed by atoms with van der Waals surface area (Å²) in [5.74, 6) is -0.856. The van der Waals surface area contributed by atoms with Gasteiger partial charge in [0.25, 0.3) is 0 Å². The zero-order valence-electron chi connectivity index (χ0n) is 20.3. The zero-order valence-corrected chi connectivity index (χ0v) is 20.3. The third-order valence-corrected chi connectivity index (χ3v) is 8.04. The van der Waals surface area contributed by atoms with E-state index in [1.165, 1.54) is 29.2 Å². The summed E-state index contributed by atoms with van der Waals surface area (Å²) in [6, 6.07) is 7.41. The van der Waals surface area contributed by atoms with Gasteiger partial charge in [-0.25, -0.2) is 18.7 Å². The molecular weight excluding hydrogens is 480 g/mol. The van der Waals surface area contributed by atoms with Gasteiger partial charge in [0.2, 0.25) is 0 Å². The molecule has 2 N–H and O–H groups in total. The van der Waals surface area contributed by atoms with Crippen molar-refractivity contribution in [2.45, 2.75) is 50.7 Å². The largest absolute Gasteiger partial charge is 0.394 e. The maximum atomic E-state index is 14.5. The van der Waals surface area contributed by atoms with Gasteiger partial charge in [0.05, 0.1) is 53.5 Å². The lowest BCUT2D eigenvalue weighted by Gasteiger charge is -2.37. The molecule has 1 aromatic carbocycles. The van der Waals surface area contributed by atoms with E-state index in [1.807, 2.05) is 6.07 Å². The SMILES string of the molecule is CC1(C)[C@H]2CC[C@@]1(c1ccnc(-c3cnn(C[C@H](O)CO)n3)n1)c1nnc(-c3c(F)cccc3F)cc12. The van der Waals surface area contributed by atoms with Crippen LogP contribution in [0.2, 0.25) is 0 Å². The Bertz CT molecular complexity index is 1490. The van der Waals surface area contributed by atoms with Crippen molar-refractivity contribution in [3.05, 3.63) is 71.3 Å². The normalized spacial score (nSPS) is 22.3. The topological polar surface area (TPSA) is 123 Å². The quantitative estimate of drug-likeness (QED) is 0.410. The molecule has 2 aliphatic carbocycles. The van der Waals surface area contributed by atoms with Gasteiger partial charge in [-0.1, -0.05) is 19.9 Å². The average molecular weight is 506 g/mol. The highest BCUT2D eigenvalue weighted by Gasteiger charge is 2.65. The lowest BCUT2D eigenvalue weighted by molar-refractivity contribution is 0.0746. The van der Waals surface area contributed by atoms with Crippen LogP contribution in [0.4, 0.5) is 8.78 Å². The molecule has 11 heteroatoms. The highest BCUT2D eigenvalue weighted by atomic mass is 19.1. The van der Waals surface area contributed by atoms with E-state index in [0.717, 1.165) is 29.8 Å². The molecule has 0 aliphatic heterocycles. The van der Waals surface area contributed by atoms with Crippen molar-refractivity contribution in [3.8, 4) is 22.8 Å². The standard InChI is InChI=1S/C26H25F2N7O2/c1-25(2)16-6-8-26(25,23-15(16)10-19(32-33-23)22-17(27)4-3-5-18(22)28)21-7-9-29-24(31-21)20-11-30-35(34-20)12-14(37)13-36/h3-5,7,9-11,14,16,36-37H,6,8,12-13H2,1-2H3/t14-,16-,26+/m0/s1. The molecule has 6 rings (SSSR count). The summed E-state index contributed by atoms with van der Waals surface area (Å²) < 4.78 is 29.0. The second-order valence-electron chi connectivity index (χ2n) is 10.2. The Hall–Kier alpha value is -3.70. The van der Waals surface area contributed by atoms with Crippen molar-refractivity contribution >= 4 is 0 Å². The predicted molar refractivity (Wildman–Crippen MR) is 128 cm³/mol. The number of aliphatic hydroxyl groups excluding tert-OH is 2. The highest BCUT2D eigenvalue weighted by Crippen LogP contribution is 2.69. The van der Waals surface area contributed by atoms with Crippen molar-refractivity contribution in [1.29, 1.82) is 0 Å². The van der Waals surface area contributed by atoms with E-state index in [2.05, 4.69) is 39.2 Å². The summed E-state index contributed by atoms with van der Waals surface area (Å²) in [4.78, 5) is 10.6. The van der Waals surface area contributed by atoms with Crippen molar-refractivity contribution < 1.29 is 19.0 Å². The summed E-state index contributed by atoms with van der Waals surface area (Å²) in [6.07, 6.45) is 3.89. The first-order chi connectivity index (χ1) is 17.8. The fourth-order valence-electron chi connectivity index (χ4n) is 6.21. The van der Waals surface area contributed by atoms with Crippen LogP contribution >= 0.6 is 0 Å². The number of fused-ring (bicyclic) bond motifs is 5. The summed E-state index contributed by atoms with van der Waals surface area (Å²) in [5.41, 5.74) is 2.07. The smallest absolute Gasteiger partial charge is 0.181 e. The molecule has 3 heterocycles. The van der Waals surface area contributed by atoms with Gasteiger partial charge in [-0.15, -0.1) is 10.2 Å². The highest BCUT2D eigenvalue weighted by molar-refractivity contribution is 5.64. The molecule has 190 valence electrons. The Balaban J connectivity index is 1.43. The van der Waals surface area contributed by atoms with E-state index in [1.54, 1.807) is 12.3 Å². The lowest BCUT2D eigenvalue weighted by atomic mass is 9.66. The summed E-state index contributed by atoms with van der Waals surface area (Å²) in [7, 11) is 0. The number of hydrogen-bond acceptors (Lipinski definition) is 8. The number of nitrogens with zero attached hydrogens (tertiary/aromatic N) is 7. The van der Waals surface area contributed by atoms with Crippen molar-refractivity contribution in [1.82, 2.24) is 35.2 Å². The number of aliphatic hydroxyl groups is 2. The molecule has 1 saturated carbocycles. The van der Waals surface area contributed by atoms with Gasteiger partial charge < -0.3 is 10.2 Å². The maximum absolute atomic E-state index is 14.5. The molecule has 2 aliphatic rings. The van der Waals surface area contributed by atoms with Crippen LogP contribution in [0, 0.1) is 17.0 Å². The molecule has 1 fully saturated rings. The van der Waals surface area contributed by atoms with Gasteiger partial charge >= 0.3 is 0 Å². The summed E-state index contributed by atoms with van der Waals surface area (Å²) in [6.45, 7) is 3.99. The van der Waals surface area contributed by atoms with Gasteiger partial charge in [0, 0.05) is 6.20 Å². The van der Waals surface area contributed by atoms with Crippen LogP contribution in [0.15, 0.2) is 42.7 Å². The Morgan fingerprint density at radius 1 is 1.14 bits per heavy atom. The van der Waals surface area contributed by atoms with Crippen molar-refractivity contribution in [3.63, 3.8) is 0 Å². The van der Waals surface area contributed by atoms with Crippen LogP contribution in [0.1, 0.15) is 49.6 Å². The minimum Gasteiger partial charge on any atom is -0.394 e. The molecular formula is C26H25F2N7O2. The first-order valence-electron chi connectivity index (χ1n) is 12.1. The Kier molecular flexibility index (Phi) is 5.39. The molecule has 0 spiro atoms. The second kappa shape index (κ2) is 8.42. The molecule has 0 radical (unpaired) electrons. The molecule has 0 unspecified atom stereocenters. The molecule has 2 bridgehead atoms. The van der Waals surface area contributed by atoms with E-state index in [9.17, 15) is 13.9 Å². The minimum absolute atomic E-state index is 0.0444. The molecule has 3 aromatic heterocycles. The van der Waals surface area contributed by atoms with Gasteiger partial charge in [0.1, 0.15) is 17.3 Å². The third-order valence-electron chi connectivity index (χ3n) is 8.04. The molecule has 3 atom stereocenters. The number of hydrogen-bond donors (Lipinski definition) is 2. The van der Waals surface area contributed by atoms with Crippen LogP contribution in [-0.4, -0.2) is 58.1 Å². The molecule has 9 nitrogen and oxygen atoms in total. The van der Waals surface area contributed by atoms with Gasteiger partial charge in [-0.3, -0.25) is 0 Å². The monoisotopic (exact) mass is 505 g/mol. The van der Waals surface area contributed by atoms with Gasteiger partial charge in [-0.05, 0) is 54.0 Å². The van der Waals surface area contributed by atoms with E-state index in [-0.39, 0.29) is 29.1 Å². The number of benzene rings is 1. The zero-order chi connectivity index (χ0) is 25.9. The predicted octanol–water partition coefficient (Wildman–Crippen LogP) is 3.03. The number of halogens is 2. The number of aromatic nitrogens is 7. The van der Waals surface area contributed by atoms with Crippen LogP contribution in [0.5, 0.6) is 0 Å². The minimum atomic E-state index is -0.973. The molecule has 0 amide bonds. The summed E-state index contributed by atoms with van der Waals surface area (Å²) >= 11 is 0. The first-order valence-corrected chi connectivity index (χ1v) is 12.1. The van der Waals surface area contributed by atoms with Crippen LogP contribution < -0.4 is 0 Å².